The summed E-state index contributed by atoms with van der Waals surface area (Å²) in [4.78, 5) is 13.1. The van der Waals surface area contributed by atoms with Gasteiger partial charge in [0.2, 0.25) is 0 Å². The van der Waals surface area contributed by atoms with Crippen molar-refractivity contribution in [1.29, 1.82) is 0 Å². The van der Waals surface area contributed by atoms with Gasteiger partial charge in [-0.25, -0.2) is 4.39 Å². The second kappa shape index (κ2) is 10.9. The Balaban J connectivity index is 1.44. The van der Waals surface area contributed by atoms with Crippen molar-refractivity contribution in [3.05, 3.63) is 96.1 Å². The van der Waals surface area contributed by atoms with Crippen molar-refractivity contribution in [3.8, 4) is 5.75 Å². The number of benzene rings is 3. The first kappa shape index (κ1) is 24.1. The molecular weight excluding hydrogens is 618 g/mol. The first-order chi connectivity index (χ1) is 15.9. The van der Waals surface area contributed by atoms with Gasteiger partial charge in [-0.2, -0.15) is 0 Å². The van der Waals surface area contributed by atoms with Crippen LogP contribution in [0.4, 0.5) is 10.1 Å². The summed E-state index contributed by atoms with van der Waals surface area (Å²) < 4.78 is 21.0. The molecule has 1 heterocycles. The molecular formula is C25H21BrFIN2O2S. The van der Waals surface area contributed by atoms with E-state index in [9.17, 15) is 9.18 Å². The van der Waals surface area contributed by atoms with Gasteiger partial charge in [0.05, 0.1) is 12.9 Å². The minimum atomic E-state index is -0.287. The Labute approximate surface area is 218 Å². The normalized spacial score (nSPS) is 16.7. The number of ether oxygens (including phenoxy) is 1. The van der Waals surface area contributed by atoms with Crippen molar-refractivity contribution in [2.24, 2.45) is 0 Å². The van der Waals surface area contributed by atoms with E-state index >= 15 is 0 Å². The van der Waals surface area contributed by atoms with Gasteiger partial charge in [-0.3, -0.25) is 4.79 Å². The Bertz CT molecular complexity index is 1180. The highest BCUT2D eigenvalue weighted by atomic mass is 127. The Kier molecular flexibility index (Phi) is 7.98. The molecule has 1 fully saturated rings. The number of hydrogen-bond acceptors (Lipinski definition) is 4. The van der Waals surface area contributed by atoms with Gasteiger partial charge in [0, 0.05) is 5.69 Å². The lowest BCUT2D eigenvalue weighted by Gasteiger charge is -2.13. The number of amides is 1. The van der Waals surface area contributed by atoms with E-state index in [1.807, 2.05) is 36.4 Å². The smallest absolute Gasteiger partial charge is 0.260 e. The third-order valence-electron chi connectivity index (χ3n) is 4.98. The van der Waals surface area contributed by atoms with E-state index in [-0.39, 0.29) is 23.8 Å². The standard InChI is InChI=1S/C25H21BrFIN2O2S/c1-2-15-6-8-19(9-7-15)29-25-30-24(31)22(33-25)13-17-11-20(26)23(21(28)12-17)32-14-16-4-3-5-18(27)10-16/h3-13,25,29H,2,14H2,1H3,(H,30,31)/b22-13-/t25-/m1/s1. The zero-order valence-corrected chi connectivity index (χ0v) is 22.3. The highest BCUT2D eigenvalue weighted by molar-refractivity contribution is 14.1. The molecule has 0 aliphatic carbocycles. The van der Waals surface area contributed by atoms with Crippen LogP contribution >= 0.6 is 50.3 Å². The topological polar surface area (TPSA) is 50.4 Å². The molecule has 4 rings (SSSR count). The monoisotopic (exact) mass is 638 g/mol. The number of halogens is 3. The van der Waals surface area contributed by atoms with Crippen molar-refractivity contribution >= 4 is 68.0 Å². The molecule has 0 spiro atoms. The Morgan fingerprint density at radius 3 is 2.67 bits per heavy atom. The number of rotatable bonds is 7. The second-order valence-electron chi connectivity index (χ2n) is 7.41. The molecule has 3 aromatic rings. The maximum absolute atomic E-state index is 13.4. The highest BCUT2D eigenvalue weighted by Gasteiger charge is 2.27. The van der Waals surface area contributed by atoms with Crippen molar-refractivity contribution in [2.75, 3.05) is 5.32 Å². The molecule has 1 amide bonds. The molecule has 2 N–H and O–H groups in total. The van der Waals surface area contributed by atoms with E-state index in [0.717, 1.165) is 31.3 Å². The first-order valence-corrected chi connectivity index (χ1v) is 13.1. The fraction of sp³-hybridized carbons (Fsp3) is 0.160. The average molecular weight is 639 g/mol. The zero-order chi connectivity index (χ0) is 23.4. The van der Waals surface area contributed by atoms with Crippen LogP contribution in [0.3, 0.4) is 0 Å². The lowest BCUT2D eigenvalue weighted by atomic mass is 10.1. The van der Waals surface area contributed by atoms with Gasteiger partial charge in [0.15, 0.2) is 5.50 Å². The lowest BCUT2D eigenvalue weighted by molar-refractivity contribution is -0.116. The van der Waals surface area contributed by atoms with Crippen LogP contribution < -0.4 is 15.4 Å². The Hall–Kier alpha value is -2.04. The summed E-state index contributed by atoms with van der Waals surface area (Å²) in [5, 5.41) is 6.30. The van der Waals surface area contributed by atoms with Crippen LogP contribution in [0.25, 0.3) is 6.08 Å². The van der Waals surface area contributed by atoms with Gasteiger partial charge in [-0.15, -0.1) is 0 Å². The average Bonchev–Trinajstić information content (AvgIpc) is 3.12. The number of carbonyl (C=O) groups excluding carboxylic acids is 1. The first-order valence-electron chi connectivity index (χ1n) is 10.3. The van der Waals surface area contributed by atoms with Gasteiger partial charge in [0.25, 0.3) is 5.91 Å². The van der Waals surface area contributed by atoms with Gasteiger partial charge in [-0.05, 0) is 104 Å². The van der Waals surface area contributed by atoms with Gasteiger partial charge in [0.1, 0.15) is 18.2 Å². The fourth-order valence-electron chi connectivity index (χ4n) is 3.29. The number of anilines is 1. The molecule has 0 radical (unpaired) electrons. The van der Waals surface area contributed by atoms with Crippen molar-refractivity contribution < 1.29 is 13.9 Å². The molecule has 33 heavy (non-hydrogen) atoms. The Morgan fingerprint density at radius 2 is 1.97 bits per heavy atom. The van der Waals surface area contributed by atoms with Crippen molar-refractivity contribution in [2.45, 2.75) is 25.4 Å². The van der Waals surface area contributed by atoms with Crippen LogP contribution in [0, 0.1) is 9.39 Å². The van der Waals surface area contributed by atoms with E-state index in [2.05, 4.69) is 68.2 Å². The molecule has 1 atom stereocenters. The molecule has 1 aliphatic rings. The molecule has 3 aromatic carbocycles. The van der Waals surface area contributed by atoms with E-state index < -0.39 is 0 Å². The quantitative estimate of drug-likeness (QED) is 0.218. The zero-order valence-electron chi connectivity index (χ0n) is 17.7. The number of aryl methyl sites for hydroxylation is 1. The van der Waals surface area contributed by atoms with E-state index in [0.29, 0.717) is 10.7 Å². The summed E-state index contributed by atoms with van der Waals surface area (Å²) >= 11 is 7.21. The third-order valence-corrected chi connectivity index (χ3v) is 7.40. The molecule has 0 saturated carbocycles. The van der Waals surface area contributed by atoms with Crippen molar-refractivity contribution in [3.63, 3.8) is 0 Å². The summed E-state index contributed by atoms with van der Waals surface area (Å²) in [6.07, 6.45) is 2.86. The molecule has 170 valence electrons. The third kappa shape index (κ3) is 6.30. The highest BCUT2D eigenvalue weighted by Crippen LogP contribution is 2.35. The molecule has 0 aromatic heterocycles. The van der Waals surface area contributed by atoms with Crippen LogP contribution in [0.2, 0.25) is 0 Å². The van der Waals surface area contributed by atoms with E-state index in [1.165, 1.54) is 29.5 Å². The molecule has 0 bridgehead atoms. The SMILES string of the molecule is CCc1ccc(N[C@@H]2NC(=O)/C(=C/c3cc(Br)c(OCc4cccc(F)c4)c(I)c3)S2)cc1. The predicted molar refractivity (Wildman–Crippen MR) is 145 cm³/mol. The molecule has 1 aliphatic heterocycles. The molecule has 4 nitrogen and oxygen atoms in total. The minimum absolute atomic E-state index is 0.111. The summed E-state index contributed by atoms with van der Waals surface area (Å²) in [5.74, 6) is 0.283. The summed E-state index contributed by atoms with van der Waals surface area (Å²) in [6, 6.07) is 18.4. The number of hydrogen-bond donors (Lipinski definition) is 2. The maximum Gasteiger partial charge on any atom is 0.260 e. The number of nitrogens with one attached hydrogen (secondary N) is 2. The van der Waals surface area contributed by atoms with E-state index in [1.54, 1.807) is 6.07 Å². The van der Waals surface area contributed by atoms with Crippen LogP contribution in [0.15, 0.2) is 70.0 Å². The van der Waals surface area contributed by atoms with E-state index in [4.69, 9.17) is 4.74 Å². The second-order valence-corrected chi connectivity index (χ2v) is 10.6. The van der Waals surface area contributed by atoms with Crippen LogP contribution in [0.5, 0.6) is 5.75 Å². The van der Waals surface area contributed by atoms with Crippen LogP contribution in [0.1, 0.15) is 23.6 Å². The van der Waals surface area contributed by atoms with Crippen LogP contribution in [-0.2, 0) is 17.8 Å². The van der Waals surface area contributed by atoms with Gasteiger partial charge >= 0.3 is 0 Å². The number of carbonyl (C=O) groups is 1. The minimum Gasteiger partial charge on any atom is -0.487 e. The van der Waals surface area contributed by atoms with Gasteiger partial charge in [-0.1, -0.05) is 43.0 Å². The molecule has 8 heteroatoms. The van der Waals surface area contributed by atoms with Crippen molar-refractivity contribution in [1.82, 2.24) is 5.32 Å². The fourth-order valence-corrected chi connectivity index (χ4v) is 6.04. The van der Waals surface area contributed by atoms with Crippen LogP contribution in [-0.4, -0.2) is 11.4 Å². The molecule has 0 unspecified atom stereocenters. The number of thioether (sulfide) groups is 1. The summed E-state index contributed by atoms with van der Waals surface area (Å²) in [7, 11) is 0. The summed E-state index contributed by atoms with van der Waals surface area (Å²) in [5.41, 5.74) is 3.64. The maximum atomic E-state index is 13.4. The summed E-state index contributed by atoms with van der Waals surface area (Å²) in [6.45, 7) is 2.38. The largest absolute Gasteiger partial charge is 0.487 e. The van der Waals surface area contributed by atoms with Gasteiger partial charge < -0.3 is 15.4 Å². The Morgan fingerprint density at radius 1 is 1.18 bits per heavy atom. The lowest BCUT2D eigenvalue weighted by Crippen LogP contribution is -2.30. The molecule has 1 saturated heterocycles. The predicted octanol–water partition coefficient (Wildman–Crippen LogP) is 6.93.